The van der Waals surface area contributed by atoms with E-state index in [9.17, 15) is 13.2 Å². The molecule has 1 fully saturated rings. The van der Waals surface area contributed by atoms with E-state index in [0.29, 0.717) is 36.1 Å². The zero-order valence-corrected chi connectivity index (χ0v) is 16.3. The molecule has 3 aromatic rings. The van der Waals surface area contributed by atoms with Crippen molar-refractivity contribution in [2.45, 2.75) is 30.7 Å². The predicted octanol–water partition coefficient (Wildman–Crippen LogP) is 2.79. The number of rotatable bonds is 4. The minimum Gasteiger partial charge on any atom is -0.325 e. The van der Waals surface area contributed by atoms with E-state index >= 15 is 0 Å². The number of hydrogen-bond acceptors (Lipinski definition) is 6. The molecule has 0 aliphatic carbocycles. The minimum absolute atomic E-state index is 0.101. The number of nitrogens with zero attached hydrogens (tertiary/aromatic N) is 3. The number of sulfonamides is 1. The molecule has 2 aromatic carbocycles. The molecule has 4 rings (SSSR count). The first-order valence-corrected chi connectivity index (χ1v) is 10.7. The van der Waals surface area contributed by atoms with Crippen molar-refractivity contribution >= 4 is 44.4 Å². The summed E-state index contributed by atoms with van der Waals surface area (Å²) in [4.78, 5) is 12.9. The van der Waals surface area contributed by atoms with E-state index in [0.717, 1.165) is 17.3 Å². The fourth-order valence-electron chi connectivity index (χ4n) is 3.35. The third-order valence-electron chi connectivity index (χ3n) is 4.63. The van der Waals surface area contributed by atoms with Crippen LogP contribution in [0.25, 0.3) is 11.0 Å². The Morgan fingerprint density at radius 3 is 2.85 bits per heavy atom. The summed E-state index contributed by atoms with van der Waals surface area (Å²) >= 11 is 0.974. The first-order valence-electron chi connectivity index (χ1n) is 8.57. The highest BCUT2D eigenvalue weighted by Gasteiger charge is 2.40. The average molecular weight is 403 g/mol. The second-order valence-corrected chi connectivity index (χ2v) is 8.91. The Morgan fingerprint density at radius 2 is 2.04 bits per heavy atom. The van der Waals surface area contributed by atoms with Crippen molar-refractivity contribution in [3.8, 4) is 0 Å². The lowest BCUT2D eigenvalue weighted by Gasteiger charge is -2.23. The number of carbonyl (C=O) groups is 1. The molecule has 1 aliphatic rings. The molecule has 0 bridgehead atoms. The summed E-state index contributed by atoms with van der Waals surface area (Å²) in [6, 6.07) is 11.6. The van der Waals surface area contributed by atoms with Crippen LogP contribution in [-0.4, -0.2) is 40.0 Å². The first-order chi connectivity index (χ1) is 13.0. The number of fused-ring (bicyclic) bond motifs is 1. The number of aryl methyl sites for hydroxylation is 1. The summed E-state index contributed by atoms with van der Waals surface area (Å²) in [6.45, 7) is 2.24. The van der Waals surface area contributed by atoms with Gasteiger partial charge in [-0.25, -0.2) is 8.42 Å². The number of hydrogen-bond donors (Lipinski definition) is 1. The van der Waals surface area contributed by atoms with Crippen LogP contribution in [0.2, 0.25) is 0 Å². The van der Waals surface area contributed by atoms with Gasteiger partial charge in [0.15, 0.2) is 0 Å². The predicted molar refractivity (Wildman–Crippen MR) is 104 cm³/mol. The van der Waals surface area contributed by atoms with E-state index in [-0.39, 0.29) is 10.8 Å². The molecule has 1 amide bonds. The molecule has 1 saturated heterocycles. The van der Waals surface area contributed by atoms with Crippen molar-refractivity contribution in [2.75, 3.05) is 11.9 Å². The second-order valence-electron chi connectivity index (χ2n) is 6.52. The van der Waals surface area contributed by atoms with E-state index in [1.54, 1.807) is 18.2 Å². The quantitative estimate of drug-likeness (QED) is 0.724. The zero-order chi connectivity index (χ0) is 19.0. The molecule has 0 spiro atoms. The Balaban J connectivity index is 1.64. The molecule has 0 saturated carbocycles. The van der Waals surface area contributed by atoms with Crippen LogP contribution in [0.4, 0.5) is 5.69 Å². The maximum atomic E-state index is 13.3. The van der Waals surface area contributed by atoms with Crippen molar-refractivity contribution in [1.82, 2.24) is 13.1 Å². The van der Waals surface area contributed by atoms with Crippen molar-refractivity contribution in [2.24, 2.45) is 0 Å². The lowest BCUT2D eigenvalue weighted by Crippen LogP contribution is -2.43. The van der Waals surface area contributed by atoms with Gasteiger partial charge in [-0.2, -0.15) is 13.1 Å². The van der Waals surface area contributed by atoms with Gasteiger partial charge >= 0.3 is 0 Å². The zero-order valence-electron chi connectivity index (χ0n) is 14.6. The highest BCUT2D eigenvalue weighted by molar-refractivity contribution is 7.89. The monoisotopic (exact) mass is 402 g/mol. The van der Waals surface area contributed by atoms with Crippen molar-refractivity contribution in [3.05, 3.63) is 48.0 Å². The second kappa shape index (κ2) is 6.99. The molecule has 2 heterocycles. The Morgan fingerprint density at radius 1 is 1.22 bits per heavy atom. The molecule has 1 N–H and O–H groups in total. The Labute approximate surface area is 161 Å². The summed E-state index contributed by atoms with van der Waals surface area (Å²) in [7, 11) is -3.85. The molecule has 9 heteroatoms. The van der Waals surface area contributed by atoms with Crippen molar-refractivity contribution in [1.29, 1.82) is 0 Å². The number of carbonyl (C=O) groups excluding carboxylic acids is 1. The van der Waals surface area contributed by atoms with Gasteiger partial charge in [-0.15, -0.1) is 0 Å². The molecule has 0 radical (unpaired) electrons. The third-order valence-corrected chi connectivity index (χ3v) is 7.11. The van der Waals surface area contributed by atoms with Crippen LogP contribution in [0.1, 0.15) is 18.4 Å². The van der Waals surface area contributed by atoms with E-state index in [1.165, 1.54) is 10.4 Å². The molecule has 1 aromatic heterocycles. The van der Waals surface area contributed by atoms with E-state index in [4.69, 9.17) is 0 Å². The summed E-state index contributed by atoms with van der Waals surface area (Å²) in [5.74, 6) is -0.315. The fraction of sp³-hybridized carbons (Fsp3) is 0.278. The summed E-state index contributed by atoms with van der Waals surface area (Å²) < 4.78 is 36.0. The highest BCUT2D eigenvalue weighted by atomic mass is 32.2. The molecule has 1 unspecified atom stereocenters. The van der Waals surface area contributed by atoms with E-state index < -0.39 is 16.1 Å². The lowest BCUT2D eigenvalue weighted by atomic mass is 10.2. The maximum absolute atomic E-state index is 13.3. The van der Waals surface area contributed by atoms with E-state index in [1.807, 2.05) is 25.1 Å². The molecular weight excluding hydrogens is 384 g/mol. The Kier molecular flexibility index (Phi) is 4.67. The molecule has 1 aliphatic heterocycles. The van der Waals surface area contributed by atoms with Gasteiger partial charge in [0.1, 0.15) is 22.0 Å². The average Bonchev–Trinajstić information content (AvgIpc) is 3.31. The molecule has 27 heavy (non-hydrogen) atoms. The van der Waals surface area contributed by atoms with Crippen molar-refractivity contribution < 1.29 is 13.2 Å². The smallest absolute Gasteiger partial charge is 0.246 e. The van der Waals surface area contributed by atoms with Gasteiger partial charge in [0, 0.05) is 12.2 Å². The van der Waals surface area contributed by atoms with Gasteiger partial charge in [-0.1, -0.05) is 18.2 Å². The topological polar surface area (TPSA) is 92.3 Å². The fourth-order valence-corrected chi connectivity index (χ4v) is 5.76. The summed E-state index contributed by atoms with van der Waals surface area (Å²) in [5.41, 5.74) is 2.58. The SMILES string of the molecule is Cc1cccc(NC(=O)C2CCCN2S(=O)(=O)c2cccc3nsnc23)c1. The van der Waals surface area contributed by atoms with Crippen LogP contribution in [0.5, 0.6) is 0 Å². The standard InChI is InChI=1S/C18H18N4O3S2/c1-12-5-2-6-13(11-12)19-18(23)15-8-4-10-22(15)27(24,25)16-9-3-7-14-17(16)21-26-20-14/h2-3,5-7,9,11,15H,4,8,10H2,1H3,(H,19,23). The molecule has 140 valence electrons. The van der Waals surface area contributed by atoms with Gasteiger partial charge in [-0.3, -0.25) is 4.79 Å². The Bertz CT molecular complexity index is 1110. The number of anilines is 1. The molecular formula is C18H18N4O3S2. The van der Waals surface area contributed by atoms with Gasteiger partial charge in [0.25, 0.3) is 0 Å². The van der Waals surface area contributed by atoms with Gasteiger partial charge in [0.05, 0.1) is 11.7 Å². The van der Waals surface area contributed by atoms with Crippen LogP contribution >= 0.6 is 11.7 Å². The maximum Gasteiger partial charge on any atom is 0.246 e. The van der Waals surface area contributed by atoms with Gasteiger partial charge in [-0.05, 0) is 49.6 Å². The van der Waals surface area contributed by atoms with Crippen LogP contribution in [0.15, 0.2) is 47.4 Å². The number of amides is 1. The van der Waals surface area contributed by atoms with Crippen LogP contribution < -0.4 is 5.32 Å². The number of benzene rings is 2. The van der Waals surface area contributed by atoms with Crippen molar-refractivity contribution in [3.63, 3.8) is 0 Å². The molecule has 1 atom stereocenters. The minimum atomic E-state index is -3.85. The summed E-state index contributed by atoms with van der Waals surface area (Å²) in [6.07, 6.45) is 1.12. The van der Waals surface area contributed by atoms with E-state index in [2.05, 4.69) is 14.1 Å². The molecule has 7 nitrogen and oxygen atoms in total. The van der Waals surface area contributed by atoms with Gasteiger partial charge < -0.3 is 5.32 Å². The van der Waals surface area contributed by atoms with Crippen LogP contribution in [0.3, 0.4) is 0 Å². The highest BCUT2D eigenvalue weighted by Crippen LogP contribution is 2.30. The largest absolute Gasteiger partial charge is 0.325 e. The summed E-state index contributed by atoms with van der Waals surface area (Å²) in [5, 5.41) is 2.84. The number of nitrogens with one attached hydrogen (secondary N) is 1. The van der Waals surface area contributed by atoms with Crippen LogP contribution in [0, 0.1) is 6.92 Å². The van der Waals surface area contributed by atoms with Gasteiger partial charge in [0.2, 0.25) is 15.9 Å². The Hall–Kier alpha value is -2.36. The third kappa shape index (κ3) is 3.33. The first kappa shape index (κ1) is 18.0. The lowest BCUT2D eigenvalue weighted by molar-refractivity contribution is -0.119. The normalized spacial score (nSPS) is 18.0. The number of aromatic nitrogens is 2. The van der Waals surface area contributed by atoms with Crippen LogP contribution in [-0.2, 0) is 14.8 Å².